The van der Waals surface area contributed by atoms with Crippen molar-refractivity contribution < 1.29 is 22.4 Å². The summed E-state index contributed by atoms with van der Waals surface area (Å²) < 4.78 is 42.4. The molecular weight excluding hydrogens is 309 g/mol. The van der Waals surface area contributed by atoms with Gasteiger partial charge in [-0.05, 0) is 36.8 Å². The van der Waals surface area contributed by atoms with Crippen LogP contribution in [-0.2, 0) is 4.79 Å². The number of aromatic nitrogens is 1. The SMILES string of the molecule is Cc1ccccc1-c1nc2cc(NC(=O)C(F)(F)F)ccc2o1. The summed E-state index contributed by atoms with van der Waals surface area (Å²) in [5.41, 5.74) is 2.55. The van der Waals surface area contributed by atoms with Crippen LogP contribution in [0, 0.1) is 6.92 Å². The minimum absolute atomic E-state index is 0.00413. The Balaban J connectivity index is 1.96. The number of halogens is 3. The summed E-state index contributed by atoms with van der Waals surface area (Å²) in [4.78, 5) is 15.2. The molecule has 1 N–H and O–H groups in total. The van der Waals surface area contributed by atoms with Crippen LogP contribution in [0.4, 0.5) is 18.9 Å². The van der Waals surface area contributed by atoms with Gasteiger partial charge in [0.15, 0.2) is 5.58 Å². The van der Waals surface area contributed by atoms with E-state index in [9.17, 15) is 18.0 Å². The largest absolute Gasteiger partial charge is 0.471 e. The number of fused-ring (bicyclic) bond motifs is 1. The Kier molecular flexibility index (Phi) is 3.55. The first-order chi connectivity index (χ1) is 10.8. The fourth-order valence-corrected chi connectivity index (χ4v) is 2.14. The van der Waals surface area contributed by atoms with E-state index in [2.05, 4.69) is 4.98 Å². The quantitative estimate of drug-likeness (QED) is 0.766. The number of carbonyl (C=O) groups excluding carboxylic acids is 1. The third-order valence-corrected chi connectivity index (χ3v) is 3.28. The number of nitrogens with one attached hydrogen (secondary N) is 1. The van der Waals surface area contributed by atoms with Gasteiger partial charge in [-0.15, -0.1) is 0 Å². The Morgan fingerprint density at radius 1 is 1.17 bits per heavy atom. The van der Waals surface area contributed by atoms with Crippen molar-refractivity contribution >= 4 is 22.7 Å². The fourth-order valence-electron chi connectivity index (χ4n) is 2.14. The number of rotatable bonds is 2. The molecule has 1 heterocycles. The number of hydrogen-bond donors (Lipinski definition) is 1. The first-order valence-corrected chi connectivity index (χ1v) is 6.69. The molecule has 0 unspecified atom stereocenters. The van der Waals surface area contributed by atoms with Gasteiger partial charge in [0.2, 0.25) is 5.89 Å². The summed E-state index contributed by atoms with van der Waals surface area (Å²) in [7, 11) is 0. The van der Waals surface area contributed by atoms with Gasteiger partial charge in [0.1, 0.15) is 5.52 Å². The molecule has 118 valence electrons. The molecule has 0 bridgehead atoms. The molecule has 0 spiro atoms. The van der Waals surface area contributed by atoms with Crippen molar-refractivity contribution in [1.82, 2.24) is 4.98 Å². The number of nitrogens with zero attached hydrogens (tertiary/aromatic N) is 1. The molecule has 3 rings (SSSR count). The van der Waals surface area contributed by atoms with Gasteiger partial charge >= 0.3 is 12.1 Å². The van der Waals surface area contributed by atoms with Crippen LogP contribution < -0.4 is 5.32 Å². The van der Waals surface area contributed by atoms with Crippen LogP contribution in [0.25, 0.3) is 22.6 Å². The lowest BCUT2D eigenvalue weighted by Crippen LogP contribution is -2.29. The van der Waals surface area contributed by atoms with Gasteiger partial charge < -0.3 is 9.73 Å². The average molecular weight is 320 g/mol. The summed E-state index contributed by atoms with van der Waals surface area (Å²) in [6, 6.07) is 11.6. The summed E-state index contributed by atoms with van der Waals surface area (Å²) in [5.74, 6) is -1.66. The molecule has 0 aliphatic heterocycles. The van der Waals surface area contributed by atoms with E-state index in [1.54, 1.807) is 5.32 Å². The van der Waals surface area contributed by atoms with E-state index in [4.69, 9.17) is 4.42 Å². The van der Waals surface area contributed by atoms with E-state index in [0.717, 1.165) is 11.1 Å². The summed E-state index contributed by atoms with van der Waals surface area (Å²) in [6.45, 7) is 1.90. The van der Waals surface area contributed by atoms with Crippen LogP contribution in [0.5, 0.6) is 0 Å². The number of aryl methyl sites for hydroxylation is 1. The molecule has 0 atom stereocenters. The molecule has 23 heavy (non-hydrogen) atoms. The van der Waals surface area contributed by atoms with E-state index in [1.165, 1.54) is 18.2 Å². The molecule has 0 aliphatic carbocycles. The summed E-state index contributed by atoms with van der Waals surface area (Å²) >= 11 is 0. The standard InChI is InChI=1S/C16H11F3N2O2/c1-9-4-2-3-5-11(9)14-21-12-8-10(6-7-13(12)23-14)20-15(22)16(17,18)19/h2-8H,1H3,(H,20,22). The maximum Gasteiger partial charge on any atom is 0.471 e. The number of carbonyl (C=O) groups is 1. The van der Waals surface area contributed by atoms with Crippen LogP contribution in [-0.4, -0.2) is 17.1 Å². The Morgan fingerprint density at radius 3 is 2.61 bits per heavy atom. The molecule has 0 saturated carbocycles. The molecule has 0 aliphatic rings. The van der Waals surface area contributed by atoms with E-state index in [1.807, 2.05) is 31.2 Å². The fraction of sp³-hybridized carbons (Fsp3) is 0.125. The molecule has 2 aromatic carbocycles. The Hall–Kier alpha value is -2.83. The van der Waals surface area contributed by atoms with Crippen LogP contribution in [0.1, 0.15) is 5.56 Å². The van der Waals surface area contributed by atoms with Gasteiger partial charge in [-0.2, -0.15) is 13.2 Å². The lowest BCUT2D eigenvalue weighted by molar-refractivity contribution is -0.167. The second-order valence-electron chi connectivity index (χ2n) is 4.97. The Labute approximate surface area is 128 Å². The predicted molar refractivity (Wildman–Crippen MR) is 78.9 cm³/mol. The number of benzene rings is 2. The van der Waals surface area contributed by atoms with Crippen LogP contribution >= 0.6 is 0 Å². The minimum atomic E-state index is -4.94. The van der Waals surface area contributed by atoms with Crippen LogP contribution in [0.3, 0.4) is 0 Å². The normalized spacial score (nSPS) is 11.7. The monoisotopic (exact) mass is 320 g/mol. The van der Waals surface area contributed by atoms with Gasteiger partial charge in [-0.1, -0.05) is 18.2 Å². The van der Waals surface area contributed by atoms with Crippen molar-refractivity contribution in [3.63, 3.8) is 0 Å². The van der Waals surface area contributed by atoms with Crippen molar-refractivity contribution in [2.45, 2.75) is 13.1 Å². The van der Waals surface area contributed by atoms with Crippen LogP contribution in [0.15, 0.2) is 46.9 Å². The maximum atomic E-state index is 12.3. The summed E-state index contributed by atoms with van der Waals surface area (Å²) in [5, 5.41) is 1.79. The van der Waals surface area contributed by atoms with E-state index >= 15 is 0 Å². The number of amides is 1. The van der Waals surface area contributed by atoms with Crippen molar-refractivity contribution in [2.24, 2.45) is 0 Å². The first kappa shape index (κ1) is 15.1. The third kappa shape index (κ3) is 3.03. The van der Waals surface area contributed by atoms with Crippen molar-refractivity contribution in [1.29, 1.82) is 0 Å². The maximum absolute atomic E-state index is 12.3. The van der Waals surface area contributed by atoms with Gasteiger partial charge in [0.25, 0.3) is 0 Å². The highest BCUT2D eigenvalue weighted by molar-refractivity contribution is 5.96. The Bertz CT molecular complexity index is 884. The lowest BCUT2D eigenvalue weighted by atomic mass is 10.1. The second-order valence-corrected chi connectivity index (χ2v) is 4.97. The molecule has 7 heteroatoms. The zero-order chi connectivity index (χ0) is 16.6. The highest BCUT2D eigenvalue weighted by atomic mass is 19.4. The predicted octanol–water partition coefficient (Wildman–Crippen LogP) is 4.30. The second kappa shape index (κ2) is 5.42. The van der Waals surface area contributed by atoms with E-state index in [0.29, 0.717) is 17.0 Å². The molecule has 1 amide bonds. The van der Waals surface area contributed by atoms with Crippen molar-refractivity contribution in [2.75, 3.05) is 5.32 Å². The topological polar surface area (TPSA) is 55.1 Å². The summed E-state index contributed by atoms with van der Waals surface area (Å²) in [6.07, 6.45) is -4.94. The molecule has 0 radical (unpaired) electrons. The minimum Gasteiger partial charge on any atom is -0.436 e. The highest BCUT2D eigenvalue weighted by Gasteiger charge is 2.38. The van der Waals surface area contributed by atoms with E-state index < -0.39 is 12.1 Å². The highest BCUT2D eigenvalue weighted by Crippen LogP contribution is 2.28. The van der Waals surface area contributed by atoms with E-state index in [-0.39, 0.29) is 5.69 Å². The first-order valence-electron chi connectivity index (χ1n) is 6.69. The smallest absolute Gasteiger partial charge is 0.436 e. The van der Waals surface area contributed by atoms with Gasteiger partial charge in [0.05, 0.1) is 0 Å². The van der Waals surface area contributed by atoms with Gasteiger partial charge in [-0.25, -0.2) is 4.98 Å². The van der Waals surface area contributed by atoms with Crippen molar-refractivity contribution in [3.8, 4) is 11.5 Å². The van der Waals surface area contributed by atoms with Gasteiger partial charge in [-0.3, -0.25) is 4.79 Å². The van der Waals surface area contributed by atoms with Crippen LogP contribution in [0.2, 0.25) is 0 Å². The lowest BCUT2D eigenvalue weighted by Gasteiger charge is -2.07. The van der Waals surface area contributed by atoms with Gasteiger partial charge in [0, 0.05) is 11.3 Å². The molecule has 4 nitrogen and oxygen atoms in total. The molecule has 0 fully saturated rings. The van der Waals surface area contributed by atoms with Crippen molar-refractivity contribution in [3.05, 3.63) is 48.0 Å². The molecule has 3 aromatic rings. The third-order valence-electron chi connectivity index (χ3n) is 3.28. The number of hydrogen-bond acceptors (Lipinski definition) is 3. The number of alkyl halides is 3. The zero-order valence-electron chi connectivity index (χ0n) is 11.9. The average Bonchev–Trinajstić information content (AvgIpc) is 2.89. The molecular formula is C16H11F3N2O2. The zero-order valence-corrected chi connectivity index (χ0v) is 11.9. The molecule has 1 aromatic heterocycles. The number of oxazole rings is 1. The number of anilines is 1. The Morgan fingerprint density at radius 2 is 1.91 bits per heavy atom. The molecule has 0 saturated heterocycles.